The number of fused-ring (bicyclic) bond motifs is 6. The lowest BCUT2D eigenvalue weighted by Crippen LogP contribution is -2.54. The van der Waals surface area contributed by atoms with Crippen LogP contribution in [0.2, 0.25) is 0 Å². The average Bonchev–Trinajstić information content (AvgIpc) is 1.58. The highest BCUT2D eigenvalue weighted by atomic mass is 16.3. The van der Waals surface area contributed by atoms with Crippen LogP contribution in [0.25, 0.3) is 44.2 Å². The number of nitrogens with zero attached hydrogens (tertiary/aromatic N) is 12. The van der Waals surface area contributed by atoms with E-state index in [2.05, 4.69) is 563 Å². The second-order valence-electron chi connectivity index (χ2n) is 57.3. The van der Waals surface area contributed by atoms with E-state index < -0.39 is 0 Å². The molecular weight excluding hydrogens is 1670 g/mol. The van der Waals surface area contributed by atoms with Gasteiger partial charge in [0.2, 0.25) is 5.95 Å². The van der Waals surface area contributed by atoms with Gasteiger partial charge in [-0.25, -0.2) is 15.0 Å². The van der Waals surface area contributed by atoms with Crippen LogP contribution >= 0.6 is 0 Å². The maximum absolute atomic E-state index is 6.04. The van der Waals surface area contributed by atoms with E-state index in [4.69, 9.17) is 29.3 Å². The molecule has 0 spiro atoms. The summed E-state index contributed by atoms with van der Waals surface area (Å²) in [6.07, 6.45) is 5.86. The van der Waals surface area contributed by atoms with Crippen molar-refractivity contribution in [2.75, 3.05) is 29.4 Å². The Balaban J connectivity index is 0.000000252. The third kappa shape index (κ3) is 29.0. The first-order valence-electron chi connectivity index (χ1n) is 50.9. The molecule has 0 unspecified atom stereocenters. The minimum Gasteiger partial charge on any atom is -0.456 e. The number of aryl methyl sites for hydroxylation is 1. The van der Waals surface area contributed by atoms with Crippen LogP contribution < -0.4 is 29.4 Å². The third-order valence-electron chi connectivity index (χ3n) is 24.4. The topological polar surface area (TPSA) is 110 Å². The predicted octanol–water partition coefficient (Wildman–Crippen LogP) is 34.9. The number of benzene rings is 6. The van der Waals surface area contributed by atoms with Crippen molar-refractivity contribution in [3.8, 4) is 22.3 Å². The maximum Gasteiger partial charge on any atom is 0.229 e. The molecule has 11 rings (SSSR count). The number of aromatic nitrogens is 6. The van der Waals surface area contributed by atoms with Gasteiger partial charge in [-0.15, -0.1) is 0 Å². The molecule has 10 aromatic rings. The van der Waals surface area contributed by atoms with Gasteiger partial charge in [0.05, 0.1) is 22.5 Å². The Kier molecular flexibility index (Phi) is 34.4. The molecule has 0 fully saturated rings. The van der Waals surface area contributed by atoms with Gasteiger partial charge in [-0.05, 0) is 331 Å². The van der Waals surface area contributed by atoms with E-state index in [0.29, 0.717) is 0 Å². The highest BCUT2D eigenvalue weighted by Gasteiger charge is 2.46. The van der Waals surface area contributed by atoms with E-state index in [0.717, 1.165) is 40.2 Å². The molecule has 13 nitrogen and oxygen atoms in total. The van der Waals surface area contributed by atoms with Crippen LogP contribution in [0.4, 0.5) is 34.4 Å². The highest BCUT2D eigenvalue weighted by Crippen LogP contribution is 2.55. The van der Waals surface area contributed by atoms with E-state index in [1.165, 1.54) is 89.3 Å². The van der Waals surface area contributed by atoms with Gasteiger partial charge in [0, 0.05) is 145 Å². The molecular formula is C124H196N12O. The van der Waals surface area contributed by atoms with Crippen molar-refractivity contribution in [3.63, 3.8) is 0 Å². The van der Waals surface area contributed by atoms with E-state index in [-0.39, 0.29) is 104 Å². The molecule has 0 bridgehead atoms. The minimum atomic E-state index is -0.112. The van der Waals surface area contributed by atoms with Gasteiger partial charge in [-0.1, -0.05) is 247 Å². The number of hydrogen-bond acceptors (Lipinski definition) is 13. The SMILES string of the molecule is CC(C)(C)N(c1cccc2oc3ccccc3c12)C(C)(C)C.CC(C)(C)c1cncc(C(C)(C)C)c1N(C(C)(C)C)C(C)(C)C.CC(C)(C)c1nc(N(C(C)(C)C)C(C)(C)C)nc(C(C)(C)C)n1.CC(C)(C)c1ncnc(C(C)(C)C)c1N(C(C)(C)C)C(C)(C)C.CC1(C)c2ccccc2-c2c(N(C(C)(C)C)C(C)(C)C)cccc21.Cc1ccc(-c2ccccc2N(C(C)(C)C)C(C)(C)C)cc1. The van der Waals surface area contributed by atoms with Crippen molar-refractivity contribution in [3.05, 3.63) is 203 Å². The second kappa shape index (κ2) is 40.3. The highest BCUT2D eigenvalue weighted by molar-refractivity contribution is 6.12. The molecule has 0 saturated heterocycles. The largest absolute Gasteiger partial charge is 0.456 e. The fourth-order valence-corrected chi connectivity index (χ4v) is 21.3. The summed E-state index contributed by atoms with van der Waals surface area (Å²) in [7, 11) is 0. The molecule has 1 aliphatic carbocycles. The molecule has 0 N–H and O–H groups in total. The monoisotopic (exact) mass is 1870 g/mol. The third-order valence-corrected chi connectivity index (χ3v) is 24.4. The predicted molar refractivity (Wildman–Crippen MR) is 605 cm³/mol. The second-order valence-corrected chi connectivity index (χ2v) is 57.3. The molecule has 1 aliphatic rings. The fourth-order valence-electron chi connectivity index (χ4n) is 21.3. The molecule has 0 atom stereocenters. The molecule has 137 heavy (non-hydrogen) atoms. The van der Waals surface area contributed by atoms with Gasteiger partial charge in [0.25, 0.3) is 0 Å². The molecule has 4 aromatic heterocycles. The molecule has 0 saturated carbocycles. The number of pyridine rings is 1. The lowest BCUT2D eigenvalue weighted by atomic mass is 9.78. The Morgan fingerprint density at radius 2 is 0.591 bits per heavy atom. The average molecular weight is 1870 g/mol. The van der Waals surface area contributed by atoms with E-state index in [1.54, 1.807) is 6.33 Å². The normalized spacial score (nSPS) is 13.9. The minimum absolute atomic E-state index is 0.0188. The van der Waals surface area contributed by atoms with Crippen molar-refractivity contribution in [1.29, 1.82) is 0 Å². The Morgan fingerprint density at radius 1 is 0.270 bits per heavy atom. The smallest absolute Gasteiger partial charge is 0.229 e. The van der Waals surface area contributed by atoms with Crippen LogP contribution in [0, 0.1) is 6.92 Å². The summed E-state index contributed by atoms with van der Waals surface area (Å²) in [4.78, 5) is 43.5. The van der Waals surface area contributed by atoms with Gasteiger partial charge in [0.1, 0.15) is 29.1 Å². The van der Waals surface area contributed by atoms with Gasteiger partial charge >= 0.3 is 0 Å². The summed E-state index contributed by atoms with van der Waals surface area (Å²) < 4.78 is 6.04. The molecule has 13 heteroatoms. The molecule has 0 radical (unpaired) electrons. The summed E-state index contributed by atoms with van der Waals surface area (Å²) in [6, 6.07) is 47.9. The zero-order valence-corrected chi connectivity index (χ0v) is 98.2. The molecule has 0 amide bonds. The van der Waals surface area contributed by atoms with Crippen molar-refractivity contribution in [2.45, 2.75) is 499 Å². The number of rotatable bonds is 7. The summed E-state index contributed by atoms with van der Waals surface area (Å²) in [6.45, 7) is 129. The fraction of sp³-hybridized carbons (Fsp3) is 0.613. The Hall–Kier alpha value is -8.84. The van der Waals surface area contributed by atoms with Crippen molar-refractivity contribution < 1.29 is 4.42 Å². The van der Waals surface area contributed by atoms with Crippen LogP contribution in [-0.4, -0.2) is 96.4 Å². The lowest BCUT2D eigenvalue weighted by Gasteiger charge is -2.50. The summed E-state index contributed by atoms with van der Waals surface area (Å²) in [5.41, 5.74) is 22.8. The zero-order valence-electron chi connectivity index (χ0n) is 98.2. The molecule has 758 valence electrons. The Morgan fingerprint density at radius 3 is 0.978 bits per heavy atom. The van der Waals surface area contributed by atoms with Gasteiger partial charge in [-0.3, -0.25) is 4.98 Å². The first-order valence-corrected chi connectivity index (χ1v) is 50.9. The first kappa shape index (κ1) is 117. The zero-order chi connectivity index (χ0) is 106. The van der Waals surface area contributed by atoms with Crippen LogP contribution in [0.15, 0.2) is 157 Å². The standard InChI is InChI=1S/C23H31N.C21H38N2.C21H29N.C20H37N3.C20H25NO.C19H36N4/c1-21(2,3)24(22(4,5)6)19-15-11-14-18-20(19)16-12-9-10-13-17(16)23(18,7)8;1-18(2,3)15-13-22-14-16(19(4,5)6)17(15)23(20(7,8)9)21(10,11)12;1-16-12-14-17(15-13-16)18-10-8-9-11-19(18)22(20(2,3)4)21(5,6)7;1-17(2,3)15-14(16(18(4,5)6)22-13-21-15)23(19(7,8)9)20(10,11)12;1-19(2,3)21(20(4,5)6)15-11-9-13-17-18(15)14-10-7-8-12-16(14)22-17;1-16(2,3)13-20-14(17(4,5)6)22-15(21-13)23(18(7,8)9)19(10,11)12/h9-15H,1-8H3;13-14H,1-12H3;8-15H,1-7H3;13H,1-12H3;7-13H,1-6H3;1-12H3. The summed E-state index contributed by atoms with van der Waals surface area (Å²) in [5.74, 6) is 2.48. The van der Waals surface area contributed by atoms with E-state index >= 15 is 0 Å². The molecule has 6 aromatic carbocycles. The van der Waals surface area contributed by atoms with Crippen molar-refractivity contribution in [1.82, 2.24) is 29.9 Å². The summed E-state index contributed by atoms with van der Waals surface area (Å²) in [5, 5.41) is 2.40. The lowest BCUT2D eigenvalue weighted by molar-refractivity contribution is 0.367. The Bertz CT molecular complexity index is 5380. The van der Waals surface area contributed by atoms with Gasteiger partial charge < -0.3 is 33.8 Å². The van der Waals surface area contributed by atoms with Crippen LogP contribution in [0.5, 0.6) is 0 Å². The quantitative estimate of drug-likeness (QED) is 0.151. The number of furan rings is 1. The van der Waals surface area contributed by atoms with E-state index in [9.17, 15) is 0 Å². The number of para-hydroxylation sites is 2. The molecule has 0 aliphatic heterocycles. The first-order chi connectivity index (χ1) is 61.1. The van der Waals surface area contributed by atoms with Crippen LogP contribution in [-0.2, 0) is 37.9 Å². The van der Waals surface area contributed by atoms with E-state index in [1.807, 2.05) is 12.1 Å². The van der Waals surface area contributed by atoms with Gasteiger partial charge in [0.15, 0.2) is 0 Å². The molecule has 4 heterocycles. The van der Waals surface area contributed by atoms with Crippen molar-refractivity contribution in [2.24, 2.45) is 0 Å². The Labute approximate surface area is 839 Å². The number of hydrogen-bond donors (Lipinski definition) is 0. The summed E-state index contributed by atoms with van der Waals surface area (Å²) >= 11 is 0. The van der Waals surface area contributed by atoms with Crippen LogP contribution in [0.1, 0.15) is 439 Å². The van der Waals surface area contributed by atoms with Crippen molar-refractivity contribution >= 4 is 56.3 Å². The maximum atomic E-state index is 6.04. The number of anilines is 6. The van der Waals surface area contributed by atoms with Crippen LogP contribution in [0.3, 0.4) is 0 Å². The van der Waals surface area contributed by atoms with Gasteiger partial charge in [-0.2, -0.15) is 9.97 Å².